The molecule has 0 N–H and O–H groups in total. The normalized spacial score (nSPS) is 17.1. The summed E-state index contributed by atoms with van der Waals surface area (Å²) in [5, 5.41) is 0. The molecule has 0 unspecified atom stereocenters. The predicted molar refractivity (Wildman–Crippen MR) is 63.2 cm³/mol. The molecule has 0 aromatic carbocycles. The van der Waals surface area contributed by atoms with Gasteiger partial charge in [0.15, 0.2) is 0 Å². The number of pyridine rings is 1. The van der Waals surface area contributed by atoms with Gasteiger partial charge in [-0.25, -0.2) is 4.98 Å². The average molecular weight is 208 g/mol. The van der Waals surface area contributed by atoms with Crippen LogP contribution >= 0.6 is 11.8 Å². The first-order valence-corrected chi connectivity index (χ1v) is 6.33. The Bertz CT molecular complexity index is 278. The smallest absolute Gasteiger partial charge is 0.128 e. The SMILES string of the molecule is CCc1ccc(N2CCSCC2)nc1. The number of aryl methyl sites for hydroxylation is 1. The van der Waals surface area contributed by atoms with E-state index in [9.17, 15) is 0 Å². The van der Waals surface area contributed by atoms with E-state index in [0.29, 0.717) is 0 Å². The van der Waals surface area contributed by atoms with Gasteiger partial charge in [-0.1, -0.05) is 13.0 Å². The first-order chi connectivity index (χ1) is 6.90. The Kier molecular flexibility index (Phi) is 3.30. The van der Waals surface area contributed by atoms with Crippen LogP contribution in [0, 0.1) is 0 Å². The Hall–Kier alpha value is -0.700. The monoisotopic (exact) mass is 208 g/mol. The van der Waals surface area contributed by atoms with Crippen LogP contribution in [0.5, 0.6) is 0 Å². The highest BCUT2D eigenvalue weighted by Crippen LogP contribution is 2.17. The van der Waals surface area contributed by atoms with Crippen molar-refractivity contribution >= 4 is 17.6 Å². The molecular formula is C11H16N2S. The summed E-state index contributed by atoms with van der Waals surface area (Å²) >= 11 is 2.03. The second-order valence-corrected chi connectivity index (χ2v) is 4.70. The fraction of sp³-hybridized carbons (Fsp3) is 0.545. The molecule has 1 aromatic heterocycles. The van der Waals surface area contributed by atoms with E-state index < -0.39 is 0 Å². The van der Waals surface area contributed by atoms with Gasteiger partial charge in [-0.3, -0.25) is 0 Å². The minimum atomic E-state index is 1.07. The number of aromatic nitrogens is 1. The van der Waals surface area contributed by atoms with Gasteiger partial charge in [-0.05, 0) is 18.1 Å². The highest BCUT2D eigenvalue weighted by molar-refractivity contribution is 7.99. The minimum absolute atomic E-state index is 1.07. The van der Waals surface area contributed by atoms with Gasteiger partial charge in [0.2, 0.25) is 0 Å². The molecule has 1 saturated heterocycles. The van der Waals surface area contributed by atoms with E-state index in [4.69, 9.17) is 0 Å². The zero-order valence-corrected chi connectivity index (χ0v) is 9.39. The second kappa shape index (κ2) is 4.69. The highest BCUT2D eigenvalue weighted by atomic mass is 32.2. The van der Waals surface area contributed by atoms with Crippen molar-refractivity contribution in [2.45, 2.75) is 13.3 Å². The van der Waals surface area contributed by atoms with Gasteiger partial charge in [-0.15, -0.1) is 0 Å². The first-order valence-electron chi connectivity index (χ1n) is 5.18. The Balaban J connectivity index is 2.07. The second-order valence-electron chi connectivity index (χ2n) is 3.48. The molecule has 1 aliphatic rings. The maximum Gasteiger partial charge on any atom is 0.128 e. The van der Waals surface area contributed by atoms with Gasteiger partial charge >= 0.3 is 0 Å². The van der Waals surface area contributed by atoms with Crippen molar-refractivity contribution in [3.8, 4) is 0 Å². The van der Waals surface area contributed by atoms with Gasteiger partial charge in [0.25, 0.3) is 0 Å². The Morgan fingerprint density at radius 2 is 2.14 bits per heavy atom. The summed E-state index contributed by atoms with van der Waals surface area (Å²) in [7, 11) is 0. The molecule has 14 heavy (non-hydrogen) atoms. The van der Waals surface area contributed by atoms with Crippen LogP contribution in [-0.4, -0.2) is 29.6 Å². The lowest BCUT2D eigenvalue weighted by Gasteiger charge is -2.27. The number of hydrogen-bond donors (Lipinski definition) is 0. The summed E-state index contributed by atoms with van der Waals surface area (Å²) in [5.41, 5.74) is 1.32. The first kappa shape index (κ1) is 9.84. The molecule has 2 nitrogen and oxygen atoms in total. The molecule has 3 heteroatoms. The number of anilines is 1. The van der Waals surface area contributed by atoms with Crippen molar-refractivity contribution in [1.29, 1.82) is 0 Å². The lowest BCUT2D eigenvalue weighted by Crippen LogP contribution is -2.32. The standard InChI is InChI=1S/C11H16N2S/c1-2-10-3-4-11(12-9-10)13-5-7-14-8-6-13/h3-4,9H,2,5-8H2,1H3. The van der Waals surface area contributed by atoms with E-state index in [2.05, 4.69) is 28.9 Å². The van der Waals surface area contributed by atoms with Gasteiger partial charge in [0, 0.05) is 30.8 Å². The lowest BCUT2D eigenvalue weighted by atomic mass is 10.2. The summed E-state index contributed by atoms with van der Waals surface area (Å²) in [6.45, 7) is 4.44. The Morgan fingerprint density at radius 1 is 1.36 bits per heavy atom. The molecule has 0 aliphatic carbocycles. The third kappa shape index (κ3) is 2.21. The van der Waals surface area contributed by atoms with Crippen LogP contribution < -0.4 is 4.90 Å². The maximum absolute atomic E-state index is 4.49. The van der Waals surface area contributed by atoms with Crippen molar-refractivity contribution in [3.05, 3.63) is 23.9 Å². The van der Waals surface area contributed by atoms with Gasteiger partial charge in [-0.2, -0.15) is 11.8 Å². The molecule has 76 valence electrons. The van der Waals surface area contributed by atoms with Crippen LogP contribution in [0.3, 0.4) is 0 Å². The number of hydrogen-bond acceptors (Lipinski definition) is 3. The molecule has 0 radical (unpaired) electrons. The zero-order chi connectivity index (χ0) is 9.80. The molecule has 0 spiro atoms. The maximum atomic E-state index is 4.49. The van der Waals surface area contributed by atoms with E-state index in [-0.39, 0.29) is 0 Å². The molecule has 2 heterocycles. The molecule has 1 aromatic rings. The number of thioether (sulfide) groups is 1. The molecule has 0 amide bonds. The van der Waals surface area contributed by atoms with Crippen molar-refractivity contribution < 1.29 is 0 Å². The van der Waals surface area contributed by atoms with Crippen LogP contribution in [-0.2, 0) is 6.42 Å². The van der Waals surface area contributed by atoms with Crippen LogP contribution in [0.25, 0.3) is 0 Å². The van der Waals surface area contributed by atoms with Crippen molar-refractivity contribution in [1.82, 2.24) is 4.98 Å². The van der Waals surface area contributed by atoms with Crippen molar-refractivity contribution in [2.75, 3.05) is 29.5 Å². The average Bonchev–Trinajstić information content (AvgIpc) is 2.30. The highest BCUT2D eigenvalue weighted by Gasteiger charge is 2.11. The molecular weight excluding hydrogens is 192 g/mol. The number of nitrogens with zero attached hydrogens (tertiary/aromatic N) is 2. The largest absolute Gasteiger partial charge is 0.355 e. The third-order valence-electron chi connectivity index (χ3n) is 2.55. The van der Waals surface area contributed by atoms with Crippen LogP contribution in [0.15, 0.2) is 18.3 Å². The van der Waals surface area contributed by atoms with Gasteiger partial charge in [0.1, 0.15) is 5.82 Å². The summed E-state index contributed by atoms with van der Waals surface area (Å²) in [5.74, 6) is 3.61. The summed E-state index contributed by atoms with van der Waals surface area (Å²) in [6.07, 6.45) is 3.07. The van der Waals surface area contributed by atoms with E-state index in [1.165, 1.54) is 17.1 Å². The zero-order valence-electron chi connectivity index (χ0n) is 8.57. The van der Waals surface area contributed by atoms with Crippen LogP contribution in [0.1, 0.15) is 12.5 Å². The predicted octanol–water partition coefficient (Wildman–Crippen LogP) is 2.20. The van der Waals surface area contributed by atoms with Crippen molar-refractivity contribution in [3.63, 3.8) is 0 Å². The summed E-state index contributed by atoms with van der Waals surface area (Å²) in [4.78, 5) is 6.86. The molecule has 0 atom stereocenters. The van der Waals surface area contributed by atoms with Gasteiger partial charge < -0.3 is 4.90 Å². The molecule has 2 rings (SSSR count). The summed E-state index contributed by atoms with van der Waals surface area (Å²) < 4.78 is 0. The van der Waals surface area contributed by atoms with E-state index in [1.54, 1.807) is 0 Å². The van der Waals surface area contributed by atoms with Crippen LogP contribution in [0.4, 0.5) is 5.82 Å². The molecule has 0 bridgehead atoms. The fourth-order valence-electron chi connectivity index (χ4n) is 1.61. The Labute approximate surface area is 89.7 Å². The van der Waals surface area contributed by atoms with Gasteiger partial charge in [0.05, 0.1) is 0 Å². The summed E-state index contributed by atoms with van der Waals surface area (Å²) in [6, 6.07) is 4.33. The quantitative estimate of drug-likeness (QED) is 0.741. The van der Waals surface area contributed by atoms with E-state index in [1.807, 2.05) is 18.0 Å². The topological polar surface area (TPSA) is 16.1 Å². The van der Waals surface area contributed by atoms with E-state index >= 15 is 0 Å². The molecule has 1 aliphatic heterocycles. The lowest BCUT2D eigenvalue weighted by molar-refractivity contribution is 0.837. The number of rotatable bonds is 2. The van der Waals surface area contributed by atoms with E-state index in [0.717, 1.165) is 25.3 Å². The molecule has 0 saturated carbocycles. The third-order valence-corrected chi connectivity index (χ3v) is 3.49. The minimum Gasteiger partial charge on any atom is -0.355 e. The Morgan fingerprint density at radius 3 is 2.71 bits per heavy atom. The van der Waals surface area contributed by atoms with Crippen LogP contribution in [0.2, 0.25) is 0 Å². The fourth-order valence-corrected chi connectivity index (χ4v) is 2.51. The molecule has 1 fully saturated rings. The van der Waals surface area contributed by atoms with Crippen molar-refractivity contribution in [2.24, 2.45) is 0 Å².